The third kappa shape index (κ3) is 2.16. The van der Waals surface area contributed by atoms with Crippen LogP contribution in [0.5, 0.6) is 0 Å². The lowest BCUT2D eigenvalue weighted by Crippen LogP contribution is -2.53. The van der Waals surface area contributed by atoms with Crippen LogP contribution in [0.3, 0.4) is 0 Å². The predicted molar refractivity (Wildman–Crippen MR) is 69.6 cm³/mol. The first-order valence-corrected chi connectivity index (χ1v) is 7.21. The van der Waals surface area contributed by atoms with Gasteiger partial charge in [0.25, 0.3) is 0 Å². The molecule has 2 nitrogen and oxygen atoms in total. The van der Waals surface area contributed by atoms with Crippen molar-refractivity contribution < 1.29 is 0 Å². The maximum absolute atomic E-state index is 4.51. The summed E-state index contributed by atoms with van der Waals surface area (Å²) in [6, 6.07) is 0. The Morgan fingerprint density at radius 2 is 2.31 bits per heavy atom. The fourth-order valence-electron chi connectivity index (χ4n) is 2.53. The fraction of sp³-hybridized carbons (Fsp3) is 0.769. The van der Waals surface area contributed by atoms with Gasteiger partial charge < -0.3 is 5.32 Å². The Morgan fingerprint density at radius 3 is 2.81 bits per heavy atom. The van der Waals surface area contributed by atoms with Gasteiger partial charge in [-0.2, -0.15) is 0 Å². The highest BCUT2D eigenvalue weighted by atomic mass is 32.1. The fourth-order valence-corrected chi connectivity index (χ4v) is 3.36. The molecule has 0 spiro atoms. The maximum atomic E-state index is 4.51. The molecule has 0 atom stereocenters. The molecule has 1 fully saturated rings. The minimum atomic E-state index is 0.207. The summed E-state index contributed by atoms with van der Waals surface area (Å²) in [7, 11) is 0. The van der Waals surface area contributed by atoms with Crippen molar-refractivity contribution in [2.75, 3.05) is 6.54 Å². The van der Waals surface area contributed by atoms with Crippen LogP contribution in [0.15, 0.2) is 11.6 Å². The van der Waals surface area contributed by atoms with Crippen LogP contribution in [0.4, 0.5) is 0 Å². The van der Waals surface area contributed by atoms with Gasteiger partial charge in [0.2, 0.25) is 0 Å². The lowest BCUT2D eigenvalue weighted by molar-refractivity contribution is 0.0678. The summed E-state index contributed by atoms with van der Waals surface area (Å²) in [5, 5.41) is 7.10. The third-order valence-electron chi connectivity index (χ3n) is 3.72. The van der Waals surface area contributed by atoms with Crippen LogP contribution < -0.4 is 5.32 Å². The van der Waals surface area contributed by atoms with E-state index in [4.69, 9.17) is 0 Å². The average Bonchev–Trinajstić information content (AvgIpc) is 2.69. The standard InChI is InChI=1S/C13H22N2S/c1-4-5-15-13(12-14-6-7-16-12)8-11(9-13)10(2)3/h6-7,10-11,15H,4-5,8-9H2,1-3H3. The topological polar surface area (TPSA) is 24.9 Å². The molecule has 1 aliphatic rings. The monoisotopic (exact) mass is 238 g/mol. The van der Waals surface area contributed by atoms with E-state index in [1.165, 1.54) is 24.3 Å². The molecular weight excluding hydrogens is 216 g/mol. The Bertz CT molecular complexity index is 313. The average molecular weight is 238 g/mol. The molecule has 0 bridgehead atoms. The second kappa shape index (κ2) is 4.84. The highest BCUT2D eigenvalue weighted by Gasteiger charge is 2.47. The third-order valence-corrected chi connectivity index (χ3v) is 4.70. The Morgan fingerprint density at radius 1 is 1.56 bits per heavy atom. The first-order chi connectivity index (χ1) is 7.68. The van der Waals surface area contributed by atoms with Gasteiger partial charge in [0.05, 0.1) is 5.54 Å². The number of nitrogens with zero attached hydrogens (tertiary/aromatic N) is 1. The molecule has 1 aromatic rings. The Labute approximate surface area is 102 Å². The second-order valence-corrected chi connectivity index (χ2v) is 6.15. The van der Waals surface area contributed by atoms with E-state index in [2.05, 4.69) is 36.5 Å². The molecule has 16 heavy (non-hydrogen) atoms. The van der Waals surface area contributed by atoms with Crippen molar-refractivity contribution in [2.45, 2.75) is 45.6 Å². The maximum Gasteiger partial charge on any atom is 0.113 e. The smallest absolute Gasteiger partial charge is 0.113 e. The first kappa shape index (κ1) is 12.1. The summed E-state index contributed by atoms with van der Waals surface area (Å²) >= 11 is 1.80. The number of hydrogen-bond acceptors (Lipinski definition) is 3. The molecule has 0 saturated heterocycles. The summed E-state index contributed by atoms with van der Waals surface area (Å²) in [6.45, 7) is 7.98. The van der Waals surface area contributed by atoms with Crippen LogP contribution in [-0.2, 0) is 5.54 Å². The van der Waals surface area contributed by atoms with Crippen molar-refractivity contribution in [2.24, 2.45) is 11.8 Å². The highest BCUT2D eigenvalue weighted by molar-refractivity contribution is 7.09. The van der Waals surface area contributed by atoms with Gasteiger partial charge in [-0.05, 0) is 37.6 Å². The van der Waals surface area contributed by atoms with Gasteiger partial charge in [0, 0.05) is 11.6 Å². The van der Waals surface area contributed by atoms with Gasteiger partial charge in [0.15, 0.2) is 0 Å². The highest BCUT2D eigenvalue weighted by Crippen LogP contribution is 2.49. The summed E-state index contributed by atoms with van der Waals surface area (Å²) in [4.78, 5) is 4.51. The number of thiazole rings is 1. The molecule has 1 N–H and O–H groups in total. The van der Waals surface area contributed by atoms with Gasteiger partial charge in [-0.15, -0.1) is 11.3 Å². The van der Waals surface area contributed by atoms with Gasteiger partial charge in [-0.1, -0.05) is 20.8 Å². The van der Waals surface area contributed by atoms with E-state index in [0.29, 0.717) is 0 Å². The van der Waals surface area contributed by atoms with Crippen LogP contribution >= 0.6 is 11.3 Å². The van der Waals surface area contributed by atoms with Crippen molar-refractivity contribution in [3.8, 4) is 0 Å². The molecule has 0 aromatic carbocycles. The second-order valence-electron chi connectivity index (χ2n) is 5.26. The van der Waals surface area contributed by atoms with Gasteiger partial charge in [-0.25, -0.2) is 4.98 Å². The van der Waals surface area contributed by atoms with E-state index >= 15 is 0 Å². The van der Waals surface area contributed by atoms with E-state index in [0.717, 1.165) is 18.4 Å². The van der Waals surface area contributed by atoms with E-state index in [-0.39, 0.29) is 5.54 Å². The van der Waals surface area contributed by atoms with Crippen LogP contribution in [-0.4, -0.2) is 11.5 Å². The van der Waals surface area contributed by atoms with Crippen molar-refractivity contribution in [1.82, 2.24) is 10.3 Å². The molecule has 1 aliphatic carbocycles. The summed E-state index contributed by atoms with van der Waals surface area (Å²) in [5.74, 6) is 1.67. The van der Waals surface area contributed by atoms with E-state index < -0.39 is 0 Å². The zero-order valence-corrected chi connectivity index (χ0v) is 11.3. The molecule has 0 amide bonds. The lowest BCUT2D eigenvalue weighted by Gasteiger charge is -2.49. The van der Waals surface area contributed by atoms with Gasteiger partial charge in [0.1, 0.15) is 5.01 Å². The van der Waals surface area contributed by atoms with Crippen molar-refractivity contribution in [3.63, 3.8) is 0 Å². The molecule has 1 aromatic heterocycles. The Balaban J connectivity index is 2.05. The molecule has 0 unspecified atom stereocenters. The van der Waals surface area contributed by atoms with Crippen molar-refractivity contribution in [1.29, 1.82) is 0 Å². The summed E-state index contributed by atoms with van der Waals surface area (Å²) in [6.07, 6.45) is 5.65. The van der Waals surface area contributed by atoms with Gasteiger partial charge in [-0.3, -0.25) is 0 Å². The summed E-state index contributed by atoms with van der Waals surface area (Å²) < 4.78 is 0. The normalized spacial score (nSPS) is 29.4. The molecule has 0 radical (unpaired) electrons. The van der Waals surface area contributed by atoms with E-state index in [9.17, 15) is 0 Å². The summed E-state index contributed by atoms with van der Waals surface area (Å²) in [5.41, 5.74) is 0.207. The van der Waals surface area contributed by atoms with E-state index in [1.807, 2.05) is 6.20 Å². The van der Waals surface area contributed by atoms with Crippen LogP contribution in [0, 0.1) is 11.8 Å². The van der Waals surface area contributed by atoms with Crippen molar-refractivity contribution >= 4 is 11.3 Å². The molecular formula is C13H22N2S. The minimum Gasteiger partial charge on any atom is -0.305 e. The number of hydrogen-bond donors (Lipinski definition) is 1. The largest absolute Gasteiger partial charge is 0.305 e. The lowest BCUT2D eigenvalue weighted by atomic mass is 9.64. The number of rotatable bonds is 5. The Kier molecular flexibility index (Phi) is 3.65. The van der Waals surface area contributed by atoms with Crippen LogP contribution in [0.25, 0.3) is 0 Å². The SMILES string of the molecule is CCCNC1(c2nccs2)CC(C(C)C)C1. The zero-order chi connectivity index (χ0) is 11.6. The van der Waals surface area contributed by atoms with Crippen LogP contribution in [0.2, 0.25) is 0 Å². The quantitative estimate of drug-likeness (QED) is 0.850. The molecule has 0 aliphatic heterocycles. The van der Waals surface area contributed by atoms with Gasteiger partial charge >= 0.3 is 0 Å². The molecule has 90 valence electrons. The zero-order valence-electron chi connectivity index (χ0n) is 10.5. The van der Waals surface area contributed by atoms with Crippen molar-refractivity contribution in [3.05, 3.63) is 16.6 Å². The molecule has 1 heterocycles. The van der Waals surface area contributed by atoms with E-state index in [1.54, 1.807) is 11.3 Å². The minimum absolute atomic E-state index is 0.207. The van der Waals surface area contributed by atoms with Crippen LogP contribution in [0.1, 0.15) is 45.0 Å². The predicted octanol–water partition coefficient (Wildman–Crippen LogP) is 3.40. The molecule has 3 heteroatoms. The number of nitrogens with one attached hydrogen (secondary N) is 1. The Hall–Kier alpha value is -0.410. The first-order valence-electron chi connectivity index (χ1n) is 6.33. The molecule has 1 saturated carbocycles. The number of aromatic nitrogens is 1. The molecule has 2 rings (SSSR count).